The molecule has 1 aromatic heterocycles. The van der Waals surface area contributed by atoms with Crippen LogP contribution >= 0.6 is 28.1 Å². The summed E-state index contributed by atoms with van der Waals surface area (Å²) in [4.78, 5) is 2.49. The fourth-order valence-electron chi connectivity index (χ4n) is 2.36. The first kappa shape index (κ1) is 15.0. The highest BCUT2D eigenvalue weighted by Crippen LogP contribution is 2.24. The molecule has 0 spiro atoms. The number of nitrogens with two attached hydrogens (primary N) is 1. The summed E-state index contributed by atoms with van der Waals surface area (Å²) in [5.74, 6) is 0.940. The van der Waals surface area contributed by atoms with Gasteiger partial charge in [-0.15, -0.1) is 0 Å². The molecule has 2 rings (SSSR count). The van der Waals surface area contributed by atoms with Crippen molar-refractivity contribution in [3.8, 4) is 0 Å². The highest BCUT2D eigenvalue weighted by Gasteiger charge is 2.19. The second-order valence-corrected chi connectivity index (χ2v) is 6.11. The van der Waals surface area contributed by atoms with Gasteiger partial charge in [0.25, 0.3) is 0 Å². The summed E-state index contributed by atoms with van der Waals surface area (Å²) in [6, 6.07) is 8.22. The van der Waals surface area contributed by atoms with Crippen molar-refractivity contribution in [1.29, 1.82) is 0 Å². The summed E-state index contributed by atoms with van der Waals surface area (Å²) >= 11 is 8.63. The van der Waals surface area contributed by atoms with E-state index in [9.17, 15) is 0 Å². The third-order valence-electron chi connectivity index (χ3n) is 3.11. The minimum atomic E-state index is 0.381. The van der Waals surface area contributed by atoms with Crippen LogP contribution in [0.15, 0.2) is 28.7 Å². The van der Waals surface area contributed by atoms with Crippen molar-refractivity contribution in [2.75, 3.05) is 11.9 Å². The largest absolute Gasteiger partial charge is 0.389 e. The van der Waals surface area contributed by atoms with Gasteiger partial charge in [-0.25, -0.2) is 0 Å². The second kappa shape index (κ2) is 5.93. The van der Waals surface area contributed by atoms with Crippen molar-refractivity contribution in [2.45, 2.75) is 13.5 Å². The standard InChI is InChI=1S/C14H17BrN4S/c1-9-12(13(16)20)14(19(3)17-9)18(2)8-10-5-4-6-11(15)7-10/h4-7H,8H2,1-3H3,(H2,16,20). The van der Waals surface area contributed by atoms with E-state index >= 15 is 0 Å². The third kappa shape index (κ3) is 3.02. The normalized spacial score (nSPS) is 10.6. The van der Waals surface area contributed by atoms with Crippen molar-refractivity contribution >= 4 is 39.0 Å². The van der Waals surface area contributed by atoms with Gasteiger partial charge in [0.1, 0.15) is 10.8 Å². The fraction of sp³-hybridized carbons (Fsp3) is 0.286. The van der Waals surface area contributed by atoms with E-state index in [2.05, 4.69) is 38.1 Å². The number of aromatic nitrogens is 2. The molecule has 0 aliphatic rings. The lowest BCUT2D eigenvalue weighted by Gasteiger charge is -2.21. The lowest BCUT2D eigenvalue weighted by Crippen LogP contribution is -2.23. The Morgan fingerprint density at radius 3 is 2.80 bits per heavy atom. The number of aryl methyl sites for hydroxylation is 2. The first-order chi connectivity index (χ1) is 9.40. The molecule has 0 unspecified atom stereocenters. The summed E-state index contributed by atoms with van der Waals surface area (Å²) in [7, 11) is 3.92. The highest BCUT2D eigenvalue weighted by atomic mass is 79.9. The van der Waals surface area contributed by atoms with E-state index in [1.165, 1.54) is 5.56 Å². The van der Waals surface area contributed by atoms with Gasteiger partial charge in [0, 0.05) is 25.1 Å². The average molecular weight is 353 g/mol. The Labute approximate surface area is 132 Å². The maximum atomic E-state index is 5.83. The maximum absolute atomic E-state index is 5.83. The monoisotopic (exact) mass is 352 g/mol. The molecule has 0 radical (unpaired) electrons. The molecule has 0 bridgehead atoms. The lowest BCUT2D eigenvalue weighted by atomic mass is 10.2. The zero-order valence-corrected chi connectivity index (χ0v) is 14.1. The molecule has 6 heteroatoms. The van der Waals surface area contributed by atoms with Crippen LogP contribution in [-0.4, -0.2) is 21.8 Å². The number of hydrogen-bond donors (Lipinski definition) is 1. The number of anilines is 1. The summed E-state index contributed by atoms with van der Waals surface area (Å²) in [5, 5.41) is 4.41. The Balaban J connectivity index is 2.34. The molecular formula is C14H17BrN4S. The van der Waals surface area contributed by atoms with E-state index in [1.54, 1.807) is 0 Å². The van der Waals surface area contributed by atoms with E-state index in [4.69, 9.17) is 18.0 Å². The average Bonchev–Trinajstić information content (AvgIpc) is 2.64. The minimum absolute atomic E-state index is 0.381. The number of thiocarbonyl (C=S) groups is 1. The molecular weight excluding hydrogens is 336 g/mol. The molecule has 106 valence electrons. The van der Waals surface area contributed by atoms with Gasteiger partial charge in [-0.05, 0) is 24.6 Å². The van der Waals surface area contributed by atoms with Gasteiger partial charge in [0.2, 0.25) is 0 Å². The molecule has 2 N–H and O–H groups in total. The maximum Gasteiger partial charge on any atom is 0.137 e. The quantitative estimate of drug-likeness (QED) is 0.859. The Hall–Kier alpha value is -1.40. The molecule has 1 heterocycles. The first-order valence-corrected chi connectivity index (χ1v) is 7.39. The Morgan fingerprint density at radius 2 is 2.20 bits per heavy atom. The molecule has 0 aliphatic carbocycles. The third-order valence-corrected chi connectivity index (χ3v) is 3.81. The molecule has 2 aromatic rings. The minimum Gasteiger partial charge on any atom is -0.389 e. The van der Waals surface area contributed by atoms with E-state index < -0.39 is 0 Å². The van der Waals surface area contributed by atoms with E-state index in [0.717, 1.165) is 28.1 Å². The number of halogens is 1. The van der Waals surface area contributed by atoms with Gasteiger partial charge in [-0.2, -0.15) is 5.10 Å². The fourth-order valence-corrected chi connectivity index (χ4v) is 3.04. The van der Waals surface area contributed by atoms with Crippen molar-refractivity contribution in [1.82, 2.24) is 9.78 Å². The second-order valence-electron chi connectivity index (χ2n) is 4.76. The topological polar surface area (TPSA) is 47.1 Å². The van der Waals surface area contributed by atoms with E-state index in [1.807, 2.05) is 37.8 Å². The summed E-state index contributed by atoms with van der Waals surface area (Å²) in [6.07, 6.45) is 0. The van der Waals surface area contributed by atoms with Gasteiger partial charge in [0.15, 0.2) is 0 Å². The molecule has 0 fully saturated rings. The highest BCUT2D eigenvalue weighted by molar-refractivity contribution is 9.10. The summed E-state index contributed by atoms with van der Waals surface area (Å²) < 4.78 is 2.89. The summed E-state index contributed by atoms with van der Waals surface area (Å²) in [6.45, 7) is 2.68. The van der Waals surface area contributed by atoms with Crippen LogP contribution in [0.4, 0.5) is 5.82 Å². The molecule has 0 saturated carbocycles. The molecule has 4 nitrogen and oxygen atoms in total. The van der Waals surface area contributed by atoms with Crippen molar-refractivity contribution in [3.63, 3.8) is 0 Å². The van der Waals surface area contributed by atoms with Gasteiger partial charge in [-0.3, -0.25) is 4.68 Å². The van der Waals surface area contributed by atoms with Crippen molar-refractivity contribution < 1.29 is 0 Å². The Kier molecular flexibility index (Phi) is 4.45. The number of rotatable bonds is 4. The number of hydrogen-bond acceptors (Lipinski definition) is 3. The zero-order valence-electron chi connectivity index (χ0n) is 11.7. The van der Waals surface area contributed by atoms with Crippen LogP contribution in [0.25, 0.3) is 0 Å². The van der Waals surface area contributed by atoms with Gasteiger partial charge in [0.05, 0.1) is 11.3 Å². The summed E-state index contributed by atoms with van der Waals surface area (Å²) in [5.41, 5.74) is 8.74. The first-order valence-electron chi connectivity index (χ1n) is 6.19. The molecule has 0 amide bonds. The van der Waals surface area contributed by atoms with E-state index in [0.29, 0.717) is 4.99 Å². The Bertz CT molecular complexity index is 651. The van der Waals surface area contributed by atoms with Crippen LogP contribution in [0.1, 0.15) is 16.8 Å². The van der Waals surface area contributed by atoms with Crippen LogP contribution in [-0.2, 0) is 13.6 Å². The van der Waals surface area contributed by atoms with Gasteiger partial charge < -0.3 is 10.6 Å². The van der Waals surface area contributed by atoms with Crippen LogP contribution in [0.3, 0.4) is 0 Å². The van der Waals surface area contributed by atoms with Crippen LogP contribution in [0.2, 0.25) is 0 Å². The van der Waals surface area contributed by atoms with Crippen LogP contribution < -0.4 is 10.6 Å². The van der Waals surface area contributed by atoms with Crippen molar-refractivity contribution in [3.05, 3.63) is 45.6 Å². The van der Waals surface area contributed by atoms with Crippen LogP contribution in [0.5, 0.6) is 0 Å². The number of benzene rings is 1. The van der Waals surface area contributed by atoms with E-state index in [-0.39, 0.29) is 0 Å². The Morgan fingerprint density at radius 1 is 1.50 bits per heavy atom. The van der Waals surface area contributed by atoms with Gasteiger partial charge >= 0.3 is 0 Å². The number of nitrogens with zero attached hydrogens (tertiary/aromatic N) is 3. The van der Waals surface area contributed by atoms with Crippen LogP contribution in [0, 0.1) is 6.92 Å². The zero-order chi connectivity index (χ0) is 14.9. The SMILES string of the molecule is Cc1nn(C)c(N(C)Cc2cccc(Br)c2)c1C(N)=S. The molecule has 0 saturated heterocycles. The molecule has 1 aromatic carbocycles. The molecule has 20 heavy (non-hydrogen) atoms. The predicted octanol–water partition coefficient (Wildman–Crippen LogP) is 2.76. The predicted molar refractivity (Wildman–Crippen MR) is 90.1 cm³/mol. The van der Waals surface area contributed by atoms with Crippen molar-refractivity contribution in [2.24, 2.45) is 12.8 Å². The van der Waals surface area contributed by atoms with Gasteiger partial charge in [-0.1, -0.05) is 40.3 Å². The molecule has 0 aliphatic heterocycles. The lowest BCUT2D eigenvalue weighted by molar-refractivity contribution is 0.726. The molecule has 0 atom stereocenters. The smallest absolute Gasteiger partial charge is 0.137 e.